The van der Waals surface area contributed by atoms with E-state index in [9.17, 15) is 0 Å². The smallest absolute Gasteiger partial charge is 0.0930 e. The van der Waals surface area contributed by atoms with Gasteiger partial charge in [-0.2, -0.15) is 0 Å². The number of aromatic nitrogens is 1. The number of rotatable bonds is 7. The maximum atomic E-state index is 4.53. The predicted molar refractivity (Wildman–Crippen MR) is 72.0 cm³/mol. The highest BCUT2D eigenvalue weighted by molar-refractivity contribution is 7.09. The topological polar surface area (TPSA) is 24.9 Å². The second-order valence-corrected chi connectivity index (χ2v) is 5.69. The third-order valence-corrected chi connectivity index (χ3v) is 4.02. The molecule has 16 heavy (non-hydrogen) atoms. The van der Waals surface area contributed by atoms with Crippen LogP contribution in [0.25, 0.3) is 0 Å². The quantitative estimate of drug-likeness (QED) is 0.740. The molecule has 0 saturated carbocycles. The molecular formula is C13H24N2S. The van der Waals surface area contributed by atoms with Crippen molar-refractivity contribution >= 4 is 11.3 Å². The highest BCUT2D eigenvalue weighted by atomic mass is 32.1. The zero-order chi connectivity index (χ0) is 12.0. The third-order valence-electron chi connectivity index (χ3n) is 3.03. The molecule has 1 N–H and O–H groups in total. The van der Waals surface area contributed by atoms with E-state index >= 15 is 0 Å². The summed E-state index contributed by atoms with van der Waals surface area (Å²) in [6.45, 7) is 11.2. The van der Waals surface area contributed by atoms with Crippen molar-refractivity contribution in [2.75, 3.05) is 13.1 Å². The van der Waals surface area contributed by atoms with Gasteiger partial charge in [0.15, 0.2) is 0 Å². The molecule has 0 aliphatic carbocycles. The molecule has 2 atom stereocenters. The Morgan fingerprint density at radius 2 is 2.12 bits per heavy atom. The maximum absolute atomic E-state index is 4.53. The Bertz CT molecular complexity index is 296. The largest absolute Gasteiger partial charge is 0.316 e. The van der Waals surface area contributed by atoms with Gasteiger partial charge in [0.05, 0.1) is 5.01 Å². The van der Waals surface area contributed by atoms with Gasteiger partial charge in [0.25, 0.3) is 0 Å². The van der Waals surface area contributed by atoms with Crippen molar-refractivity contribution in [1.29, 1.82) is 0 Å². The fourth-order valence-electron chi connectivity index (χ4n) is 1.68. The Balaban J connectivity index is 2.30. The van der Waals surface area contributed by atoms with Crippen LogP contribution in [-0.4, -0.2) is 18.1 Å². The summed E-state index contributed by atoms with van der Waals surface area (Å²) in [6.07, 6.45) is 2.33. The first-order valence-corrected chi connectivity index (χ1v) is 7.13. The summed E-state index contributed by atoms with van der Waals surface area (Å²) in [5.74, 6) is 1.42. The highest BCUT2D eigenvalue weighted by Crippen LogP contribution is 2.19. The van der Waals surface area contributed by atoms with Gasteiger partial charge >= 0.3 is 0 Å². The fraction of sp³-hybridized carbons (Fsp3) is 0.769. The summed E-state index contributed by atoms with van der Waals surface area (Å²) in [5.41, 5.74) is 1.16. The van der Waals surface area contributed by atoms with Crippen LogP contribution in [0.5, 0.6) is 0 Å². The third kappa shape index (κ3) is 4.62. The molecule has 0 aromatic carbocycles. The van der Waals surface area contributed by atoms with E-state index in [1.807, 2.05) is 0 Å². The first-order chi connectivity index (χ1) is 7.63. The van der Waals surface area contributed by atoms with E-state index in [0.717, 1.165) is 31.1 Å². The van der Waals surface area contributed by atoms with E-state index in [-0.39, 0.29) is 0 Å². The van der Waals surface area contributed by atoms with Gasteiger partial charge in [-0.3, -0.25) is 0 Å². The monoisotopic (exact) mass is 240 g/mol. The predicted octanol–water partition coefficient (Wildman–Crippen LogP) is 3.27. The van der Waals surface area contributed by atoms with Crippen LogP contribution in [0.15, 0.2) is 5.38 Å². The summed E-state index contributed by atoms with van der Waals surface area (Å²) in [7, 11) is 0. The SMILES string of the molecule is CCCNCC(C)C(C)Cc1nc(C)cs1. The van der Waals surface area contributed by atoms with Gasteiger partial charge in [0.1, 0.15) is 0 Å². The van der Waals surface area contributed by atoms with E-state index in [2.05, 4.69) is 43.4 Å². The fourth-order valence-corrected chi connectivity index (χ4v) is 2.60. The van der Waals surface area contributed by atoms with Gasteiger partial charge in [-0.05, 0) is 38.3 Å². The standard InChI is InChI=1S/C13H24N2S/c1-5-6-14-8-11(3)10(2)7-13-15-12(4)9-16-13/h9-11,14H,5-8H2,1-4H3. The molecule has 0 aliphatic heterocycles. The van der Waals surface area contributed by atoms with Crippen LogP contribution < -0.4 is 5.32 Å². The molecule has 2 unspecified atom stereocenters. The lowest BCUT2D eigenvalue weighted by atomic mass is 9.93. The number of hydrogen-bond acceptors (Lipinski definition) is 3. The normalized spacial score (nSPS) is 15.0. The maximum Gasteiger partial charge on any atom is 0.0930 e. The summed E-state index contributed by atoms with van der Waals surface area (Å²) in [6, 6.07) is 0. The zero-order valence-electron chi connectivity index (χ0n) is 10.9. The average Bonchev–Trinajstić information content (AvgIpc) is 2.64. The van der Waals surface area contributed by atoms with E-state index in [1.54, 1.807) is 11.3 Å². The number of thiazole rings is 1. The Morgan fingerprint density at radius 1 is 1.38 bits per heavy atom. The first kappa shape index (κ1) is 13.7. The second-order valence-electron chi connectivity index (χ2n) is 4.75. The molecule has 92 valence electrons. The molecule has 3 heteroatoms. The van der Waals surface area contributed by atoms with Crippen LogP contribution in [0.1, 0.15) is 37.9 Å². The molecule has 1 rings (SSSR count). The van der Waals surface area contributed by atoms with Crippen molar-refractivity contribution in [1.82, 2.24) is 10.3 Å². The minimum Gasteiger partial charge on any atom is -0.316 e. The molecule has 0 aliphatic rings. The zero-order valence-corrected chi connectivity index (χ0v) is 11.7. The lowest BCUT2D eigenvalue weighted by molar-refractivity contribution is 0.365. The molecule has 0 radical (unpaired) electrons. The van der Waals surface area contributed by atoms with E-state index < -0.39 is 0 Å². The molecular weight excluding hydrogens is 216 g/mol. The summed E-state index contributed by atoms with van der Waals surface area (Å²) >= 11 is 1.79. The van der Waals surface area contributed by atoms with Gasteiger partial charge in [0.2, 0.25) is 0 Å². The van der Waals surface area contributed by atoms with Crippen LogP contribution in [0.3, 0.4) is 0 Å². The van der Waals surface area contributed by atoms with Crippen LogP contribution in [-0.2, 0) is 6.42 Å². The molecule has 0 bridgehead atoms. The van der Waals surface area contributed by atoms with E-state index in [4.69, 9.17) is 0 Å². The van der Waals surface area contributed by atoms with E-state index in [0.29, 0.717) is 5.92 Å². The van der Waals surface area contributed by atoms with Gasteiger partial charge in [-0.15, -0.1) is 11.3 Å². The van der Waals surface area contributed by atoms with Crippen LogP contribution in [0.4, 0.5) is 0 Å². The van der Waals surface area contributed by atoms with Gasteiger partial charge in [-0.25, -0.2) is 4.98 Å². The van der Waals surface area contributed by atoms with Crippen molar-refractivity contribution in [3.8, 4) is 0 Å². The van der Waals surface area contributed by atoms with Gasteiger partial charge in [0, 0.05) is 17.5 Å². The first-order valence-electron chi connectivity index (χ1n) is 6.25. The summed E-state index contributed by atoms with van der Waals surface area (Å²) in [4.78, 5) is 4.53. The number of aryl methyl sites for hydroxylation is 1. The van der Waals surface area contributed by atoms with Crippen molar-refractivity contribution < 1.29 is 0 Å². The molecule has 1 heterocycles. The Hall–Kier alpha value is -0.410. The van der Waals surface area contributed by atoms with Crippen molar-refractivity contribution in [2.45, 2.75) is 40.5 Å². The van der Waals surface area contributed by atoms with Crippen molar-refractivity contribution in [2.24, 2.45) is 11.8 Å². The summed E-state index contributed by atoms with van der Waals surface area (Å²) in [5, 5.41) is 6.92. The number of nitrogens with zero attached hydrogens (tertiary/aromatic N) is 1. The lowest BCUT2D eigenvalue weighted by Crippen LogP contribution is -2.26. The molecule has 0 amide bonds. The number of hydrogen-bond donors (Lipinski definition) is 1. The molecule has 0 spiro atoms. The lowest BCUT2D eigenvalue weighted by Gasteiger charge is -2.19. The van der Waals surface area contributed by atoms with E-state index in [1.165, 1.54) is 11.4 Å². The Kier molecular flexibility index (Phi) is 5.99. The average molecular weight is 240 g/mol. The summed E-state index contributed by atoms with van der Waals surface area (Å²) < 4.78 is 0. The molecule has 1 aromatic heterocycles. The van der Waals surface area contributed by atoms with Gasteiger partial charge in [-0.1, -0.05) is 20.8 Å². The molecule has 0 saturated heterocycles. The van der Waals surface area contributed by atoms with Crippen LogP contribution in [0.2, 0.25) is 0 Å². The highest BCUT2D eigenvalue weighted by Gasteiger charge is 2.13. The van der Waals surface area contributed by atoms with Crippen LogP contribution in [0, 0.1) is 18.8 Å². The molecule has 0 fully saturated rings. The Morgan fingerprint density at radius 3 is 2.69 bits per heavy atom. The number of nitrogens with one attached hydrogen (secondary N) is 1. The molecule has 2 nitrogen and oxygen atoms in total. The minimum absolute atomic E-state index is 0.704. The van der Waals surface area contributed by atoms with Gasteiger partial charge < -0.3 is 5.32 Å². The van der Waals surface area contributed by atoms with Crippen LogP contribution >= 0.6 is 11.3 Å². The molecule has 1 aromatic rings. The minimum atomic E-state index is 0.704. The second kappa shape index (κ2) is 7.02. The van der Waals surface area contributed by atoms with Crippen molar-refractivity contribution in [3.63, 3.8) is 0 Å². The van der Waals surface area contributed by atoms with Crippen molar-refractivity contribution in [3.05, 3.63) is 16.1 Å². The Labute approximate surface area is 103 Å².